The van der Waals surface area contributed by atoms with Crippen molar-refractivity contribution in [3.8, 4) is 0 Å². The van der Waals surface area contributed by atoms with Crippen LogP contribution in [0.4, 0.5) is 8.78 Å². The van der Waals surface area contributed by atoms with Gasteiger partial charge in [0.1, 0.15) is 0 Å². The Hall–Kier alpha value is -2.54. The number of nitrogens with one attached hydrogen (secondary N) is 2. The van der Waals surface area contributed by atoms with Crippen molar-refractivity contribution in [2.45, 2.75) is 46.7 Å². The van der Waals surface area contributed by atoms with Crippen LogP contribution in [0, 0.1) is 25.5 Å². The van der Waals surface area contributed by atoms with Crippen LogP contribution in [-0.2, 0) is 4.74 Å². The van der Waals surface area contributed by atoms with Gasteiger partial charge in [-0.15, -0.1) is 0 Å². The van der Waals surface area contributed by atoms with Crippen molar-refractivity contribution in [2.24, 2.45) is 0 Å². The lowest BCUT2D eigenvalue weighted by Gasteiger charge is -2.19. The number of aromatic nitrogens is 1. The molecule has 0 radical (unpaired) electrons. The molecule has 7 heteroatoms. The predicted molar refractivity (Wildman–Crippen MR) is 97.9 cm³/mol. The highest BCUT2D eigenvalue weighted by atomic mass is 19.2. The summed E-state index contributed by atoms with van der Waals surface area (Å²) in [5.74, 6) is -2.56. The summed E-state index contributed by atoms with van der Waals surface area (Å²) in [5.41, 5.74) is 2.31. The number of esters is 1. The first-order valence-corrected chi connectivity index (χ1v) is 8.78. The lowest BCUT2D eigenvalue weighted by Crippen LogP contribution is -2.36. The molecule has 1 heterocycles. The quantitative estimate of drug-likeness (QED) is 0.564. The smallest absolute Gasteiger partial charge is 0.340 e. The Kier molecular flexibility index (Phi) is 6.49. The summed E-state index contributed by atoms with van der Waals surface area (Å²) in [6.45, 7) is 8.79. The van der Waals surface area contributed by atoms with E-state index in [0.717, 1.165) is 12.1 Å². The second kappa shape index (κ2) is 8.43. The molecule has 2 atom stereocenters. The number of ketones is 1. The van der Waals surface area contributed by atoms with E-state index in [4.69, 9.17) is 4.74 Å². The summed E-state index contributed by atoms with van der Waals surface area (Å²) in [7, 11) is 0. The van der Waals surface area contributed by atoms with Crippen LogP contribution in [0.3, 0.4) is 0 Å². The lowest BCUT2D eigenvalue weighted by molar-refractivity contribution is 0.0525. The average molecular weight is 378 g/mol. The van der Waals surface area contributed by atoms with E-state index in [0.29, 0.717) is 28.1 Å². The van der Waals surface area contributed by atoms with Crippen LogP contribution in [0.25, 0.3) is 0 Å². The number of hydrogen-bond donors (Lipinski definition) is 2. The molecule has 0 aliphatic carbocycles. The number of carbonyl (C=O) groups excluding carboxylic acids is 2. The Morgan fingerprint density at radius 2 is 1.85 bits per heavy atom. The van der Waals surface area contributed by atoms with E-state index in [2.05, 4.69) is 10.3 Å². The molecular formula is C20H24F2N2O3. The molecule has 1 aromatic heterocycles. The number of aryl methyl sites for hydroxylation is 1. The molecule has 0 aliphatic heterocycles. The van der Waals surface area contributed by atoms with E-state index in [1.165, 1.54) is 6.07 Å². The molecule has 5 nitrogen and oxygen atoms in total. The van der Waals surface area contributed by atoms with E-state index < -0.39 is 23.6 Å². The number of H-pyrrole nitrogens is 1. The standard InChI is InChI=1S/C20H24F2N2O3/c1-6-27-20(26)17-10(2)18(24-12(17)4)19(25)13(5)23-11(3)14-7-8-15(21)16(22)9-14/h7-9,11,13,23-24H,6H2,1-5H3/t11-,13-/m1/s1. The van der Waals surface area contributed by atoms with Gasteiger partial charge in [0.25, 0.3) is 0 Å². The fourth-order valence-corrected chi connectivity index (χ4v) is 3.05. The van der Waals surface area contributed by atoms with Gasteiger partial charge in [0.2, 0.25) is 0 Å². The zero-order valence-corrected chi connectivity index (χ0v) is 16.1. The Balaban J connectivity index is 2.18. The Morgan fingerprint density at radius 1 is 1.19 bits per heavy atom. The summed E-state index contributed by atoms with van der Waals surface area (Å²) in [6, 6.07) is 2.64. The fourth-order valence-electron chi connectivity index (χ4n) is 3.05. The number of aromatic amines is 1. The molecule has 0 aliphatic rings. The molecule has 1 aromatic carbocycles. The van der Waals surface area contributed by atoms with E-state index in [1.807, 2.05) is 0 Å². The topological polar surface area (TPSA) is 71.2 Å². The van der Waals surface area contributed by atoms with Gasteiger partial charge < -0.3 is 15.0 Å². The Morgan fingerprint density at radius 3 is 2.44 bits per heavy atom. The molecule has 0 unspecified atom stereocenters. The Labute approximate surface area is 157 Å². The zero-order chi connectivity index (χ0) is 20.3. The van der Waals surface area contributed by atoms with E-state index >= 15 is 0 Å². The molecule has 0 amide bonds. The van der Waals surface area contributed by atoms with E-state index in [-0.39, 0.29) is 18.4 Å². The van der Waals surface area contributed by atoms with E-state index in [9.17, 15) is 18.4 Å². The van der Waals surface area contributed by atoms with Crippen LogP contribution >= 0.6 is 0 Å². The highest BCUT2D eigenvalue weighted by Gasteiger charge is 2.26. The van der Waals surface area contributed by atoms with Crippen molar-refractivity contribution in [2.75, 3.05) is 6.61 Å². The second-order valence-corrected chi connectivity index (χ2v) is 6.49. The SMILES string of the molecule is CCOC(=O)c1c(C)[nH]c(C(=O)[C@@H](C)N[C@H](C)c2ccc(F)c(F)c2)c1C. The third kappa shape index (κ3) is 4.42. The number of benzene rings is 1. The first kappa shape index (κ1) is 20.8. The number of ether oxygens (including phenoxy) is 1. The molecule has 2 aromatic rings. The number of carbonyl (C=O) groups is 2. The normalized spacial score (nSPS) is 13.3. The van der Waals surface area contributed by atoms with Crippen molar-refractivity contribution in [1.82, 2.24) is 10.3 Å². The summed E-state index contributed by atoms with van der Waals surface area (Å²) >= 11 is 0. The maximum Gasteiger partial charge on any atom is 0.340 e. The monoisotopic (exact) mass is 378 g/mol. The lowest BCUT2D eigenvalue weighted by atomic mass is 10.0. The van der Waals surface area contributed by atoms with Crippen LogP contribution in [-0.4, -0.2) is 29.4 Å². The van der Waals surface area contributed by atoms with Crippen LogP contribution in [0.1, 0.15) is 64.5 Å². The van der Waals surface area contributed by atoms with Gasteiger partial charge in [0.15, 0.2) is 17.4 Å². The van der Waals surface area contributed by atoms with Gasteiger partial charge in [-0.05, 0) is 57.9 Å². The first-order valence-electron chi connectivity index (χ1n) is 8.78. The maximum absolute atomic E-state index is 13.4. The van der Waals surface area contributed by atoms with Crippen molar-refractivity contribution in [3.63, 3.8) is 0 Å². The predicted octanol–water partition coefficient (Wildman–Crippen LogP) is 4.01. The average Bonchev–Trinajstić information content (AvgIpc) is 2.91. The summed E-state index contributed by atoms with van der Waals surface area (Å²) in [4.78, 5) is 27.9. The zero-order valence-electron chi connectivity index (χ0n) is 16.1. The summed E-state index contributed by atoms with van der Waals surface area (Å²) < 4.78 is 31.5. The van der Waals surface area contributed by atoms with Crippen molar-refractivity contribution in [1.29, 1.82) is 0 Å². The van der Waals surface area contributed by atoms with Gasteiger partial charge in [0, 0.05) is 11.7 Å². The molecule has 2 N–H and O–H groups in total. The molecule has 0 saturated heterocycles. The minimum Gasteiger partial charge on any atom is -0.462 e. The van der Waals surface area contributed by atoms with Crippen LogP contribution in [0.5, 0.6) is 0 Å². The third-order valence-corrected chi connectivity index (χ3v) is 4.50. The number of rotatable bonds is 7. The van der Waals surface area contributed by atoms with Gasteiger partial charge in [-0.1, -0.05) is 6.07 Å². The molecule has 2 rings (SSSR count). The number of Topliss-reactive ketones (excluding diaryl/α,β-unsaturated/α-hetero) is 1. The van der Waals surface area contributed by atoms with Crippen molar-refractivity contribution in [3.05, 3.63) is 57.9 Å². The molecule has 0 fully saturated rings. The van der Waals surface area contributed by atoms with Crippen LogP contribution in [0.15, 0.2) is 18.2 Å². The molecule has 0 saturated carbocycles. The third-order valence-electron chi connectivity index (χ3n) is 4.50. The van der Waals surface area contributed by atoms with Gasteiger partial charge in [-0.2, -0.15) is 0 Å². The van der Waals surface area contributed by atoms with Gasteiger partial charge >= 0.3 is 5.97 Å². The van der Waals surface area contributed by atoms with Gasteiger partial charge in [0.05, 0.1) is 23.9 Å². The maximum atomic E-state index is 13.4. The van der Waals surface area contributed by atoms with Crippen molar-refractivity contribution >= 4 is 11.8 Å². The minimum absolute atomic E-state index is 0.236. The summed E-state index contributed by atoms with van der Waals surface area (Å²) in [6.07, 6.45) is 0. The highest BCUT2D eigenvalue weighted by Crippen LogP contribution is 2.22. The highest BCUT2D eigenvalue weighted by molar-refractivity contribution is 6.03. The molecule has 0 bridgehead atoms. The van der Waals surface area contributed by atoms with Crippen molar-refractivity contribution < 1.29 is 23.1 Å². The molecule has 27 heavy (non-hydrogen) atoms. The molecular weight excluding hydrogens is 354 g/mol. The second-order valence-electron chi connectivity index (χ2n) is 6.49. The number of halogens is 2. The number of hydrogen-bond acceptors (Lipinski definition) is 4. The molecule has 146 valence electrons. The van der Waals surface area contributed by atoms with Crippen LogP contribution in [0.2, 0.25) is 0 Å². The first-order chi connectivity index (χ1) is 12.7. The summed E-state index contributed by atoms with van der Waals surface area (Å²) in [5, 5.41) is 3.08. The van der Waals surface area contributed by atoms with Gasteiger partial charge in [-0.25, -0.2) is 13.6 Å². The minimum atomic E-state index is -0.935. The fraction of sp³-hybridized carbons (Fsp3) is 0.400. The van der Waals surface area contributed by atoms with E-state index in [1.54, 1.807) is 34.6 Å². The van der Waals surface area contributed by atoms with Crippen LogP contribution < -0.4 is 5.32 Å². The largest absolute Gasteiger partial charge is 0.462 e. The van der Waals surface area contributed by atoms with Gasteiger partial charge in [-0.3, -0.25) is 4.79 Å². The molecule has 0 spiro atoms. The Bertz CT molecular complexity index is 861.